The third-order valence-electron chi connectivity index (χ3n) is 13.2. The van der Waals surface area contributed by atoms with Gasteiger partial charge in [-0.15, -0.1) is 0 Å². The number of carboxylic acid groups (broad SMARTS) is 7. The van der Waals surface area contributed by atoms with Crippen molar-refractivity contribution in [3.8, 4) is 0 Å². The molecule has 0 aliphatic rings. The molecule has 1 rings (SSSR count). The quantitative estimate of drug-likeness (QED) is 0.0323. The van der Waals surface area contributed by atoms with Crippen LogP contribution in [0.15, 0.2) is 30.3 Å². The highest BCUT2D eigenvalue weighted by atomic mass is 16.4. The zero-order chi connectivity index (χ0) is 67.1. The number of benzene rings is 1. The lowest BCUT2D eigenvalue weighted by molar-refractivity contribution is -0.147. The highest BCUT2D eigenvalue weighted by molar-refractivity contribution is 5.99. The van der Waals surface area contributed by atoms with E-state index in [9.17, 15) is 102 Å². The van der Waals surface area contributed by atoms with Crippen LogP contribution >= 0.6 is 0 Å². The SMILES string of the molecule is CC[C@H](C)[C@H](NC(=O)[C@H](CC(C)C)NC(=O)[C@H](CCC(=O)O)NC(=O)[C@H](CC(C)C)NC(=O)[C@H](CC(=O)O)NC(=O)[C@H](Cc1ccccc1)NC(=O)[C@@H](N)CCC(=O)O)C(=O)N[C@@H](CCC(=O)O)C(=O)N[C@@H](CCC(=O)O)C(=O)N[C@@H](CC(=O)O)C(=O)O. The Balaban J connectivity index is 3.63. The topological polar surface area (TPSA) is 549 Å². The van der Waals surface area contributed by atoms with Crippen molar-refractivity contribution in [2.24, 2.45) is 23.5 Å². The average Bonchev–Trinajstić information content (AvgIpc) is 1.65. The first-order chi connectivity index (χ1) is 41.0. The number of rotatable bonds is 43. The van der Waals surface area contributed by atoms with E-state index in [0.717, 1.165) is 0 Å². The van der Waals surface area contributed by atoms with E-state index >= 15 is 0 Å². The lowest BCUT2D eigenvalue weighted by Crippen LogP contribution is -2.61. The summed E-state index contributed by atoms with van der Waals surface area (Å²) in [5, 5.41) is 86.7. The van der Waals surface area contributed by atoms with Gasteiger partial charge in [0.15, 0.2) is 0 Å². The van der Waals surface area contributed by atoms with Crippen molar-refractivity contribution in [2.75, 3.05) is 0 Å². The highest BCUT2D eigenvalue weighted by Gasteiger charge is 2.38. The number of hydrogen-bond donors (Lipinski definition) is 17. The van der Waals surface area contributed by atoms with E-state index in [2.05, 4.69) is 42.5 Å². The molecular weight excluding hydrogens is 1170 g/mol. The zero-order valence-electron chi connectivity index (χ0n) is 49.5. The average molecular weight is 1250 g/mol. The number of hydrogen-bond acceptors (Lipinski definition) is 17. The summed E-state index contributed by atoms with van der Waals surface area (Å²) in [5.41, 5.74) is 6.37. The maximum absolute atomic E-state index is 14.3. The van der Waals surface area contributed by atoms with Crippen molar-refractivity contribution in [2.45, 2.75) is 192 Å². The van der Waals surface area contributed by atoms with Crippen LogP contribution in [0.3, 0.4) is 0 Å². The molecule has 0 saturated heterocycles. The van der Waals surface area contributed by atoms with Crippen molar-refractivity contribution < 1.29 is 112 Å². The summed E-state index contributed by atoms with van der Waals surface area (Å²) in [7, 11) is 0. The summed E-state index contributed by atoms with van der Waals surface area (Å²) < 4.78 is 0. The van der Waals surface area contributed by atoms with E-state index in [1.54, 1.807) is 65.0 Å². The molecule has 33 nitrogen and oxygen atoms in total. The van der Waals surface area contributed by atoms with Gasteiger partial charge in [-0.2, -0.15) is 0 Å². The maximum Gasteiger partial charge on any atom is 0.326 e. The van der Waals surface area contributed by atoms with E-state index in [4.69, 9.17) is 15.9 Å². The molecule has 1 aromatic carbocycles. The Morgan fingerprint density at radius 3 is 1.08 bits per heavy atom. The van der Waals surface area contributed by atoms with Crippen molar-refractivity contribution in [3.05, 3.63) is 35.9 Å². The summed E-state index contributed by atoms with van der Waals surface area (Å²) in [4.78, 5) is 206. The monoisotopic (exact) mass is 1250 g/mol. The van der Waals surface area contributed by atoms with Gasteiger partial charge in [0.1, 0.15) is 54.4 Å². The number of nitrogens with two attached hydrogens (primary N) is 1. The van der Waals surface area contributed by atoms with Crippen LogP contribution in [0.1, 0.15) is 131 Å². The van der Waals surface area contributed by atoms with Crippen LogP contribution in [-0.2, 0) is 83.1 Å². The predicted molar refractivity (Wildman–Crippen MR) is 303 cm³/mol. The Hall–Kier alpha value is -9.30. The third kappa shape index (κ3) is 30.2. The van der Waals surface area contributed by atoms with Gasteiger partial charge < -0.3 is 89.3 Å². The van der Waals surface area contributed by atoms with Crippen LogP contribution < -0.4 is 53.6 Å². The fourth-order valence-corrected chi connectivity index (χ4v) is 8.37. The van der Waals surface area contributed by atoms with E-state index in [1.807, 2.05) is 5.32 Å². The molecule has 88 heavy (non-hydrogen) atoms. The van der Waals surface area contributed by atoms with Crippen LogP contribution in [0.2, 0.25) is 0 Å². The van der Waals surface area contributed by atoms with Gasteiger partial charge in [-0.25, -0.2) is 4.79 Å². The van der Waals surface area contributed by atoms with Crippen molar-refractivity contribution in [1.82, 2.24) is 47.9 Å². The molecule has 9 amide bonds. The number of carbonyl (C=O) groups is 16. The maximum atomic E-state index is 14.3. The molecule has 11 atom stereocenters. The number of aliphatic carboxylic acids is 7. The lowest BCUT2D eigenvalue weighted by atomic mass is 9.96. The second-order valence-corrected chi connectivity index (χ2v) is 21.7. The van der Waals surface area contributed by atoms with Crippen LogP contribution in [-0.4, -0.2) is 191 Å². The van der Waals surface area contributed by atoms with Gasteiger partial charge >= 0.3 is 41.8 Å². The summed E-state index contributed by atoms with van der Waals surface area (Å²) in [6, 6.07) is -9.11. The number of nitrogens with one attached hydrogen (secondary N) is 9. The van der Waals surface area contributed by atoms with Crippen molar-refractivity contribution >= 4 is 94.9 Å². The standard InChI is InChI=1S/C55H82N10O23/c1-7-28(6)45(54(86)59-33(16-20-42(72)73)47(79)57-32(15-19-41(70)71)49(81)64-38(55(87)88)25-44(76)77)65-53(85)35(22-27(4)5)61-48(80)31(14-18-40(68)69)58-50(82)34(21-26(2)3)62-52(84)37(24-43(74)75)63-51(83)36(23-29-11-9-8-10-12-29)60-46(78)30(56)13-17-39(66)67/h8-12,26-28,30-38,45H,7,13-25,56H2,1-6H3,(H,57,79)(H,58,82)(H,59,86)(H,60,78)(H,61,80)(H,62,84)(H,63,83)(H,64,81)(H,65,85)(H,66,67)(H,68,69)(H,70,71)(H,72,73)(H,74,75)(H,76,77)(H,87,88)/t28-,30-,31-,32-,33-,34-,35-,36-,37-,38-,45-/m0/s1. The number of carboxylic acids is 7. The molecule has 0 fully saturated rings. The molecule has 0 saturated carbocycles. The van der Waals surface area contributed by atoms with E-state index in [1.165, 1.54) is 6.92 Å². The molecule has 0 heterocycles. The Bertz CT molecular complexity index is 2660. The first-order valence-electron chi connectivity index (χ1n) is 28.1. The number of amides is 9. The minimum atomic E-state index is -2.04. The molecule has 0 bridgehead atoms. The molecule has 0 aliphatic carbocycles. The summed E-state index contributed by atoms with van der Waals surface area (Å²) >= 11 is 0. The minimum Gasteiger partial charge on any atom is -0.481 e. The molecule has 18 N–H and O–H groups in total. The fourth-order valence-electron chi connectivity index (χ4n) is 8.37. The molecule has 490 valence electrons. The van der Waals surface area contributed by atoms with E-state index < -0.39 is 231 Å². The second-order valence-electron chi connectivity index (χ2n) is 21.7. The Morgan fingerprint density at radius 1 is 0.375 bits per heavy atom. The molecule has 1 aromatic rings. The Kier molecular flexibility index (Phi) is 33.7. The van der Waals surface area contributed by atoms with Gasteiger partial charge in [0.2, 0.25) is 53.2 Å². The van der Waals surface area contributed by atoms with E-state index in [0.29, 0.717) is 5.56 Å². The zero-order valence-corrected chi connectivity index (χ0v) is 49.5. The second kappa shape index (κ2) is 38.7. The molecule has 33 heteroatoms. The Labute approximate surface area is 505 Å². The van der Waals surface area contributed by atoms with E-state index in [-0.39, 0.29) is 32.1 Å². The van der Waals surface area contributed by atoms with Crippen LogP contribution in [0.5, 0.6) is 0 Å². The first-order valence-corrected chi connectivity index (χ1v) is 28.1. The third-order valence-corrected chi connectivity index (χ3v) is 13.2. The fraction of sp³-hybridized carbons (Fsp3) is 0.600. The van der Waals surface area contributed by atoms with Crippen molar-refractivity contribution in [3.63, 3.8) is 0 Å². The molecule has 0 radical (unpaired) electrons. The molecule has 0 aromatic heterocycles. The molecule has 0 spiro atoms. The van der Waals surface area contributed by atoms with Crippen LogP contribution in [0, 0.1) is 17.8 Å². The smallest absolute Gasteiger partial charge is 0.326 e. The van der Waals surface area contributed by atoms with Gasteiger partial charge in [-0.3, -0.25) is 71.9 Å². The predicted octanol–water partition coefficient (Wildman–Crippen LogP) is -2.45. The van der Waals surface area contributed by atoms with Crippen molar-refractivity contribution in [1.29, 1.82) is 0 Å². The highest BCUT2D eigenvalue weighted by Crippen LogP contribution is 2.15. The largest absolute Gasteiger partial charge is 0.481 e. The molecule has 0 unspecified atom stereocenters. The molecule has 0 aliphatic heterocycles. The van der Waals surface area contributed by atoms with Gasteiger partial charge in [0, 0.05) is 32.1 Å². The van der Waals surface area contributed by atoms with Gasteiger partial charge in [-0.1, -0.05) is 78.3 Å². The van der Waals surface area contributed by atoms with Gasteiger partial charge in [0.05, 0.1) is 18.9 Å². The van der Waals surface area contributed by atoms with Gasteiger partial charge in [-0.05, 0) is 61.8 Å². The van der Waals surface area contributed by atoms with Gasteiger partial charge in [0.25, 0.3) is 0 Å². The molecular formula is C55H82N10O23. The summed E-state index contributed by atoms with van der Waals surface area (Å²) in [6.45, 7) is 9.61. The van der Waals surface area contributed by atoms with Crippen LogP contribution in [0.4, 0.5) is 0 Å². The summed E-state index contributed by atoms with van der Waals surface area (Å²) in [6.07, 6.45) is -7.85. The Morgan fingerprint density at radius 2 is 0.693 bits per heavy atom. The number of carbonyl (C=O) groups excluding carboxylic acids is 9. The minimum absolute atomic E-state index is 0.143. The summed E-state index contributed by atoms with van der Waals surface area (Å²) in [5.74, 6) is -22.7. The first kappa shape index (κ1) is 76.7. The normalized spacial score (nSPS) is 14.8. The van der Waals surface area contributed by atoms with Crippen LogP contribution in [0.25, 0.3) is 0 Å². The lowest BCUT2D eigenvalue weighted by Gasteiger charge is -2.30.